The maximum absolute atomic E-state index is 6.15. The maximum Gasteiger partial charge on any atom is 0.0829 e. The van der Waals surface area contributed by atoms with Crippen molar-refractivity contribution in [2.45, 2.75) is 63.8 Å². The second-order valence-electron chi connectivity index (χ2n) is 7.50. The van der Waals surface area contributed by atoms with Crippen molar-refractivity contribution < 1.29 is 4.74 Å². The van der Waals surface area contributed by atoms with Crippen LogP contribution < -0.4 is 5.32 Å². The van der Waals surface area contributed by atoms with E-state index in [9.17, 15) is 0 Å². The zero-order chi connectivity index (χ0) is 14.2. The summed E-state index contributed by atoms with van der Waals surface area (Å²) in [7, 11) is 0. The minimum Gasteiger partial charge on any atom is -0.374 e. The minimum absolute atomic E-state index is 0.233. The zero-order valence-corrected chi connectivity index (χ0v) is 13.4. The molecule has 0 radical (unpaired) electrons. The summed E-state index contributed by atoms with van der Waals surface area (Å²) in [6, 6.07) is 1.38. The first-order valence-corrected chi connectivity index (χ1v) is 8.42. The zero-order valence-electron chi connectivity index (χ0n) is 13.4. The highest BCUT2D eigenvalue weighted by Gasteiger charge is 2.36. The van der Waals surface area contributed by atoms with Crippen LogP contribution in [0.15, 0.2) is 0 Å². The molecule has 0 aromatic carbocycles. The number of morpholine rings is 1. The normalized spacial score (nSPS) is 38.9. The molecule has 116 valence electrons. The summed E-state index contributed by atoms with van der Waals surface area (Å²) in [5.74, 6) is 0. The van der Waals surface area contributed by atoms with Crippen LogP contribution in [0.4, 0.5) is 0 Å². The number of nitrogens with one attached hydrogen (secondary N) is 1. The van der Waals surface area contributed by atoms with Crippen molar-refractivity contribution >= 4 is 0 Å². The van der Waals surface area contributed by atoms with Crippen LogP contribution in [-0.4, -0.2) is 72.9 Å². The summed E-state index contributed by atoms with van der Waals surface area (Å²) in [5.41, 5.74) is 0.233. The summed E-state index contributed by atoms with van der Waals surface area (Å²) in [6.45, 7) is 13.7. The molecule has 3 aliphatic heterocycles. The van der Waals surface area contributed by atoms with E-state index >= 15 is 0 Å². The molecule has 4 nitrogen and oxygen atoms in total. The molecule has 0 saturated carbocycles. The predicted octanol–water partition coefficient (Wildman–Crippen LogP) is 1.31. The molecule has 3 heterocycles. The number of hydrogen-bond donors (Lipinski definition) is 1. The van der Waals surface area contributed by atoms with Gasteiger partial charge in [0.15, 0.2) is 0 Å². The smallest absolute Gasteiger partial charge is 0.0829 e. The number of hydrogen-bond acceptors (Lipinski definition) is 4. The van der Waals surface area contributed by atoms with Crippen LogP contribution in [0.25, 0.3) is 0 Å². The molecule has 3 fully saturated rings. The molecule has 0 spiro atoms. The van der Waals surface area contributed by atoms with E-state index in [2.05, 4.69) is 35.9 Å². The van der Waals surface area contributed by atoms with Crippen LogP contribution in [0, 0.1) is 0 Å². The van der Waals surface area contributed by atoms with Crippen LogP contribution in [0.3, 0.4) is 0 Å². The van der Waals surface area contributed by atoms with Gasteiger partial charge in [0.25, 0.3) is 0 Å². The predicted molar refractivity (Wildman–Crippen MR) is 82.1 cm³/mol. The lowest BCUT2D eigenvalue weighted by molar-refractivity contribution is -0.0719. The lowest BCUT2D eigenvalue weighted by Gasteiger charge is -2.46. The molecule has 20 heavy (non-hydrogen) atoms. The Morgan fingerprint density at radius 3 is 3.00 bits per heavy atom. The molecule has 0 aliphatic carbocycles. The molecular formula is C16H31N3O. The average molecular weight is 281 g/mol. The van der Waals surface area contributed by atoms with Gasteiger partial charge >= 0.3 is 0 Å². The highest BCUT2D eigenvalue weighted by atomic mass is 16.5. The van der Waals surface area contributed by atoms with Gasteiger partial charge in [-0.1, -0.05) is 6.92 Å². The fourth-order valence-corrected chi connectivity index (χ4v) is 4.09. The first-order valence-electron chi connectivity index (χ1n) is 8.42. The number of fused-ring (bicyclic) bond motifs is 1. The summed E-state index contributed by atoms with van der Waals surface area (Å²) in [6.07, 6.45) is 4.33. The van der Waals surface area contributed by atoms with Crippen LogP contribution in [0.5, 0.6) is 0 Å². The molecule has 1 N–H and O–H groups in total. The Balaban J connectivity index is 1.57. The molecule has 0 bridgehead atoms. The van der Waals surface area contributed by atoms with Gasteiger partial charge in [-0.05, 0) is 39.7 Å². The van der Waals surface area contributed by atoms with Crippen LogP contribution >= 0.6 is 0 Å². The Kier molecular flexibility index (Phi) is 4.37. The van der Waals surface area contributed by atoms with Crippen LogP contribution in [0.2, 0.25) is 0 Å². The van der Waals surface area contributed by atoms with E-state index in [1.807, 2.05) is 0 Å². The molecule has 3 rings (SSSR count). The van der Waals surface area contributed by atoms with Crippen LogP contribution in [-0.2, 0) is 4.74 Å². The van der Waals surface area contributed by atoms with E-state index in [0.717, 1.165) is 32.8 Å². The summed E-state index contributed by atoms with van der Waals surface area (Å²) >= 11 is 0. The highest BCUT2D eigenvalue weighted by Crippen LogP contribution is 2.24. The van der Waals surface area contributed by atoms with Gasteiger partial charge in [0.2, 0.25) is 0 Å². The lowest BCUT2D eigenvalue weighted by atomic mass is 9.97. The first-order chi connectivity index (χ1) is 9.57. The summed E-state index contributed by atoms with van der Waals surface area (Å²) < 4.78 is 6.15. The van der Waals surface area contributed by atoms with Gasteiger partial charge in [-0.2, -0.15) is 0 Å². The second-order valence-corrected chi connectivity index (χ2v) is 7.50. The summed E-state index contributed by atoms with van der Waals surface area (Å²) in [5, 5.41) is 3.67. The Labute approximate surface area is 123 Å². The summed E-state index contributed by atoms with van der Waals surface area (Å²) in [4.78, 5) is 5.32. The van der Waals surface area contributed by atoms with Crippen molar-refractivity contribution in [3.8, 4) is 0 Å². The van der Waals surface area contributed by atoms with Crippen molar-refractivity contribution in [3.63, 3.8) is 0 Å². The first kappa shape index (κ1) is 14.8. The SMILES string of the molecule is CCC1CNC(C)(C)CN1CC1CN2CCCC2CO1. The van der Waals surface area contributed by atoms with Crippen molar-refractivity contribution in [1.82, 2.24) is 15.1 Å². The number of rotatable bonds is 3. The van der Waals surface area contributed by atoms with Gasteiger partial charge in [0.05, 0.1) is 12.7 Å². The van der Waals surface area contributed by atoms with Crippen molar-refractivity contribution in [2.24, 2.45) is 0 Å². The molecule has 3 unspecified atom stereocenters. The minimum atomic E-state index is 0.233. The Morgan fingerprint density at radius 2 is 2.20 bits per heavy atom. The molecule has 3 atom stereocenters. The van der Waals surface area contributed by atoms with E-state index in [0.29, 0.717) is 18.2 Å². The van der Waals surface area contributed by atoms with Crippen molar-refractivity contribution in [3.05, 3.63) is 0 Å². The second kappa shape index (κ2) is 5.91. The van der Waals surface area contributed by atoms with Gasteiger partial charge < -0.3 is 10.1 Å². The van der Waals surface area contributed by atoms with E-state index in [4.69, 9.17) is 4.74 Å². The van der Waals surface area contributed by atoms with Crippen molar-refractivity contribution in [2.75, 3.05) is 39.3 Å². The Hall–Kier alpha value is -0.160. The molecule has 3 aliphatic rings. The molecule has 4 heteroatoms. The average Bonchev–Trinajstić information content (AvgIpc) is 2.85. The fraction of sp³-hybridized carbons (Fsp3) is 1.00. The molecule has 0 aromatic heterocycles. The number of nitrogens with zero attached hydrogens (tertiary/aromatic N) is 2. The third-order valence-corrected chi connectivity index (χ3v) is 5.30. The van der Waals surface area contributed by atoms with E-state index in [1.165, 1.54) is 25.8 Å². The van der Waals surface area contributed by atoms with Crippen LogP contribution in [0.1, 0.15) is 40.0 Å². The monoisotopic (exact) mass is 281 g/mol. The van der Waals surface area contributed by atoms with E-state index in [-0.39, 0.29) is 5.54 Å². The Morgan fingerprint density at radius 1 is 1.35 bits per heavy atom. The topological polar surface area (TPSA) is 27.7 Å². The van der Waals surface area contributed by atoms with Crippen molar-refractivity contribution in [1.29, 1.82) is 0 Å². The quantitative estimate of drug-likeness (QED) is 0.844. The highest BCUT2D eigenvalue weighted by molar-refractivity contribution is 4.94. The lowest BCUT2D eigenvalue weighted by Crippen LogP contribution is -2.63. The third-order valence-electron chi connectivity index (χ3n) is 5.30. The molecule has 0 amide bonds. The van der Waals surface area contributed by atoms with E-state index in [1.54, 1.807) is 0 Å². The fourth-order valence-electron chi connectivity index (χ4n) is 4.09. The van der Waals surface area contributed by atoms with Gasteiger partial charge in [0.1, 0.15) is 0 Å². The Bertz CT molecular complexity index is 334. The molecule has 0 aromatic rings. The van der Waals surface area contributed by atoms with Gasteiger partial charge in [-0.3, -0.25) is 9.80 Å². The van der Waals surface area contributed by atoms with Gasteiger partial charge in [-0.15, -0.1) is 0 Å². The molecule has 3 saturated heterocycles. The van der Waals surface area contributed by atoms with Gasteiger partial charge in [0, 0.05) is 43.8 Å². The maximum atomic E-state index is 6.15. The standard InChI is InChI=1S/C16H31N3O/c1-4-13-8-17-16(2,3)12-19(13)10-15-9-18-7-5-6-14(18)11-20-15/h13-15,17H,4-12H2,1-3H3. The largest absolute Gasteiger partial charge is 0.374 e. The number of piperazine rings is 1. The number of ether oxygens (including phenoxy) is 1. The third kappa shape index (κ3) is 3.19. The molecular weight excluding hydrogens is 250 g/mol. The van der Waals surface area contributed by atoms with E-state index < -0.39 is 0 Å². The van der Waals surface area contributed by atoms with Gasteiger partial charge in [-0.25, -0.2) is 0 Å².